The van der Waals surface area contributed by atoms with Crippen LogP contribution in [0.1, 0.15) is 46.6 Å². The number of rotatable bonds is 2. The molecule has 100 valence electrons. The minimum Gasteiger partial charge on any atom is -0.490 e. The van der Waals surface area contributed by atoms with Crippen LogP contribution in [0.4, 0.5) is 0 Å². The summed E-state index contributed by atoms with van der Waals surface area (Å²) in [5.74, 6) is 0.987. The first kappa shape index (κ1) is 13.9. The van der Waals surface area contributed by atoms with Gasteiger partial charge < -0.3 is 4.74 Å². The maximum absolute atomic E-state index is 6.07. The van der Waals surface area contributed by atoms with Crippen molar-refractivity contribution in [1.29, 1.82) is 0 Å². The molecule has 0 N–H and O–H groups in total. The van der Waals surface area contributed by atoms with Crippen LogP contribution in [0.2, 0.25) is 0 Å². The van der Waals surface area contributed by atoms with Crippen molar-refractivity contribution in [2.45, 2.75) is 57.4 Å². The lowest BCUT2D eigenvalue weighted by Gasteiger charge is -2.48. The molecule has 18 heavy (non-hydrogen) atoms. The Balaban J connectivity index is 2.04. The lowest BCUT2D eigenvalue weighted by atomic mass is 9.69. The molecule has 0 amide bonds. The third kappa shape index (κ3) is 2.59. The van der Waals surface area contributed by atoms with Gasteiger partial charge in [0.25, 0.3) is 0 Å². The molecule has 1 fully saturated rings. The van der Waals surface area contributed by atoms with E-state index in [-0.39, 0.29) is 10.8 Å². The average Bonchev–Trinajstić information content (AvgIpc) is 2.28. The van der Waals surface area contributed by atoms with Gasteiger partial charge in [-0.25, -0.2) is 0 Å². The van der Waals surface area contributed by atoms with Crippen LogP contribution in [0.5, 0.6) is 5.75 Å². The predicted molar refractivity (Wildman–Crippen MR) is 80.7 cm³/mol. The van der Waals surface area contributed by atoms with Crippen LogP contribution in [0.25, 0.3) is 0 Å². The summed E-state index contributed by atoms with van der Waals surface area (Å²) in [5.41, 5.74) is 1.78. The summed E-state index contributed by atoms with van der Waals surface area (Å²) in [6.07, 6.45) is 1.41. The Morgan fingerprint density at radius 2 is 1.72 bits per heavy atom. The maximum Gasteiger partial charge on any atom is 0.119 e. The fourth-order valence-corrected chi connectivity index (χ4v) is 2.87. The van der Waals surface area contributed by atoms with Crippen LogP contribution in [0, 0.1) is 5.41 Å². The monoisotopic (exact) mass is 310 g/mol. The molecule has 2 atom stereocenters. The maximum atomic E-state index is 6.07. The summed E-state index contributed by atoms with van der Waals surface area (Å²) in [4.78, 5) is 0.573. The van der Waals surface area contributed by atoms with E-state index < -0.39 is 0 Å². The van der Waals surface area contributed by atoms with E-state index in [1.165, 1.54) is 5.56 Å². The summed E-state index contributed by atoms with van der Waals surface area (Å²) < 4.78 is 6.07. The molecule has 0 spiro atoms. The minimum atomic E-state index is 0.204. The molecule has 0 heterocycles. The highest BCUT2D eigenvalue weighted by molar-refractivity contribution is 9.09. The van der Waals surface area contributed by atoms with E-state index in [4.69, 9.17) is 4.74 Å². The third-order valence-corrected chi connectivity index (χ3v) is 5.61. The standard InChI is InChI=1S/C16H23BrO/c1-15(2,3)11-6-8-12(9-7-11)18-14-10-13(17)16(14,4)5/h6-9,13-14H,10H2,1-5H3. The lowest BCUT2D eigenvalue weighted by Crippen LogP contribution is -2.53. The van der Waals surface area contributed by atoms with Crippen LogP contribution < -0.4 is 4.74 Å². The van der Waals surface area contributed by atoms with Crippen molar-refractivity contribution in [1.82, 2.24) is 0 Å². The molecule has 1 aromatic rings. The van der Waals surface area contributed by atoms with Gasteiger partial charge in [0.2, 0.25) is 0 Å². The molecule has 0 saturated heterocycles. The Bertz CT molecular complexity index is 414. The normalized spacial score (nSPS) is 26.6. The summed E-state index contributed by atoms with van der Waals surface area (Å²) >= 11 is 3.69. The average molecular weight is 311 g/mol. The highest BCUT2D eigenvalue weighted by Crippen LogP contribution is 2.47. The Labute approximate surface area is 119 Å². The van der Waals surface area contributed by atoms with Crippen molar-refractivity contribution in [2.24, 2.45) is 5.41 Å². The summed E-state index contributed by atoms with van der Waals surface area (Å²) in [6.45, 7) is 11.2. The SMILES string of the molecule is CC(C)(C)c1ccc(OC2CC(Br)C2(C)C)cc1. The van der Waals surface area contributed by atoms with E-state index in [2.05, 4.69) is 74.8 Å². The van der Waals surface area contributed by atoms with Crippen molar-refractivity contribution in [3.8, 4) is 5.75 Å². The summed E-state index contributed by atoms with van der Waals surface area (Å²) in [6, 6.07) is 8.54. The number of hydrogen-bond acceptors (Lipinski definition) is 1. The van der Waals surface area contributed by atoms with Gasteiger partial charge in [0.1, 0.15) is 11.9 Å². The molecule has 1 aromatic carbocycles. The number of alkyl halides is 1. The van der Waals surface area contributed by atoms with Crippen molar-refractivity contribution in [3.63, 3.8) is 0 Å². The van der Waals surface area contributed by atoms with E-state index in [9.17, 15) is 0 Å². The molecule has 1 aliphatic rings. The second kappa shape index (κ2) is 4.56. The highest BCUT2D eigenvalue weighted by Gasteiger charge is 2.48. The Hall–Kier alpha value is -0.500. The van der Waals surface area contributed by atoms with Gasteiger partial charge in [-0.3, -0.25) is 0 Å². The molecule has 0 bridgehead atoms. The minimum absolute atomic E-state index is 0.204. The van der Waals surface area contributed by atoms with Crippen molar-refractivity contribution in [3.05, 3.63) is 29.8 Å². The van der Waals surface area contributed by atoms with Crippen LogP contribution in [0.15, 0.2) is 24.3 Å². The fraction of sp³-hybridized carbons (Fsp3) is 0.625. The topological polar surface area (TPSA) is 9.23 Å². The molecular weight excluding hydrogens is 288 g/mol. The van der Waals surface area contributed by atoms with Gasteiger partial charge in [0.05, 0.1) is 0 Å². The second-order valence-electron chi connectivity index (χ2n) is 6.91. The van der Waals surface area contributed by atoms with Crippen LogP contribution in [-0.2, 0) is 5.41 Å². The van der Waals surface area contributed by atoms with Gasteiger partial charge in [0.15, 0.2) is 0 Å². The Kier molecular flexibility index (Phi) is 3.52. The molecule has 2 rings (SSSR count). The molecule has 0 aliphatic heterocycles. The van der Waals surface area contributed by atoms with Gasteiger partial charge >= 0.3 is 0 Å². The molecular formula is C16H23BrO. The first-order chi connectivity index (χ1) is 8.21. The summed E-state index contributed by atoms with van der Waals surface area (Å²) in [7, 11) is 0. The largest absolute Gasteiger partial charge is 0.490 e. The van der Waals surface area contributed by atoms with Crippen molar-refractivity contribution < 1.29 is 4.74 Å². The zero-order chi connectivity index (χ0) is 13.6. The molecule has 0 radical (unpaired) electrons. The molecule has 1 nitrogen and oxygen atoms in total. The number of halogens is 1. The van der Waals surface area contributed by atoms with E-state index >= 15 is 0 Å². The van der Waals surface area contributed by atoms with Gasteiger partial charge in [-0.05, 0) is 29.5 Å². The van der Waals surface area contributed by atoms with Gasteiger partial charge in [-0.2, -0.15) is 0 Å². The lowest BCUT2D eigenvalue weighted by molar-refractivity contribution is -0.00780. The van der Waals surface area contributed by atoms with Crippen LogP contribution in [0.3, 0.4) is 0 Å². The smallest absolute Gasteiger partial charge is 0.119 e. The Morgan fingerprint density at radius 1 is 1.17 bits per heavy atom. The van der Waals surface area contributed by atoms with E-state index in [1.807, 2.05) is 0 Å². The summed E-state index contributed by atoms with van der Waals surface area (Å²) in [5, 5.41) is 0. The zero-order valence-electron chi connectivity index (χ0n) is 12.0. The number of hydrogen-bond donors (Lipinski definition) is 0. The second-order valence-corrected chi connectivity index (χ2v) is 8.01. The van der Waals surface area contributed by atoms with Crippen LogP contribution >= 0.6 is 15.9 Å². The third-order valence-electron chi connectivity index (χ3n) is 4.06. The molecule has 2 unspecified atom stereocenters. The first-order valence-electron chi connectivity index (χ1n) is 6.62. The van der Waals surface area contributed by atoms with Gasteiger partial charge in [-0.15, -0.1) is 0 Å². The zero-order valence-corrected chi connectivity index (χ0v) is 13.5. The number of benzene rings is 1. The molecule has 1 aliphatic carbocycles. The van der Waals surface area contributed by atoms with E-state index in [1.54, 1.807) is 0 Å². The van der Waals surface area contributed by atoms with Crippen molar-refractivity contribution >= 4 is 15.9 Å². The van der Waals surface area contributed by atoms with Crippen molar-refractivity contribution in [2.75, 3.05) is 0 Å². The molecule has 0 aromatic heterocycles. The van der Waals surface area contributed by atoms with E-state index in [0.717, 1.165) is 12.2 Å². The molecule has 2 heteroatoms. The quantitative estimate of drug-likeness (QED) is 0.704. The first-order valence-corrected chi connectivity index (χ1v) is 7.54. The predicted octanol–water partition coefficient (Wildman–Crippen LogP) is 4.92. The van der Waals surface area contributed by atoms with Crippen LogP contribution in [-0.4, -0.2) is 10.9 Å². The van der Waals surface area contributed by atoms with Gasteiger partial charge in [-0.1, -0.05) is 62.7 Å². The molecule has 1 saturated carbocycles. The fourth-order valence-electron chi connectivity index (χ4n) is 2.23. The Morgan fingerprint density at radius 3 is 2.11 bits per heavy atom. The van der Waals surface area contributed by atoms with Gasteiger partial charge in [0, 0.05) is 10.2 Å². The highest BCUT2D eigenvalue weighted by atomic mass is 79.9. The number of ether oxygens (including phenoxy) is 1. The van der Waals surface area contributed by atoms with E-state index in [0.29, 0.717) is 10.9 Å².